The van der Waals surface area contributed by atoms with Crippen LogP contribution in [0.25, 0.3) is 0 Å². The topological polar surface area (TPSA) is 47.6 Å². The van der Waals surface area contributed by atoms with Crippen molar-refractivity contribution in [2.24, 2.45) is 0 Å². The monoisotopic (exact) mass is 363 g/mol. The first-order valence-electron chi connectivity index (χ1n) is 5.72. The van der Waals surface area contributed by atoms with E-state index in [9.17, 15) is 4.79 Å². The molecule has 18 heavy (non-hydrogen) atoms. The van der Waals surface area contributed by atoms with Crippen molar-refractivity contribution in [1.82, 2.24) is 5.32 Å². The Morgan fingerprint density at radius 3 is 2.44 bits per heavy atom. The van der Waals surface area contributed by atoms with Gasteiger partial charge in [-0.25, -0.2) is 4.79 Å². The van der Waals surface area contributed by atoms with Gasteiger partial charge in [0.15, 0.2) is 0 Å². The average Bonchev–Trinajstić information content (AvgIpc) is 2.24. The van der Waals surface area contributed by atoms with Crippen LogP contribution in [0.4, 0.5) is 4.79 Å². The predicted octanol–water partition coefficient (Wildman–Crippen LogP) is 3.19. The zero-order valence-electron chi connectivity index (χ0n) is 10.8. The third kappa shape index (κ3) is 6.68. The van der Waals surface area contributed by atoms with E-state index in [1.165, 1.54) is 0 Å². The zero-order valence-corrected chi connectivity index (χ0v) is 13.0. The van der Waals surface area contributed by atoms with Gasteiger partial charge in [0.1, 0.15) is 18.0 Å². The molecule has 100 valence electrons. The summed E-state index contributed by atoms with van der Waals surface area (Å²) in [6.45, 7) is 6.32. The van der Waals surface area contributed by atoms with Crippen molar-refractivity contribution in [2.75, 3.05) is 13.2 Å². The second-order valence-corrected chi connectivity index (χ2v) is 5.98. The van der Waals surface area contributed by atoms with E-state index in [0.717, 1.165) is 9.32 Å². The van der Waals surface area contributed by atoms with E-state index in [2.05, 4.69) is 27.9 Å². The summed E-state index contributed by atoms with van der Waals surface area (Å²) in [4.78, 5) is 11.3. The Morgan fingerprint density at radius 2 is 1.89 bits per heavy atom. The summed E-state index contributed by atoms with van der Waals surface area (Å²) in [6, 6.07) is 7.73. The highest BCUT2D eigenvalue weighted by Crippen LogP contribution is 2.13. The molecule has 0 bridgehead atoms. The van der Waals surface area contributed by atoms with Gasteiger partial charge < -0.3 is 14.8 Å². The second kappa shape index (κ2) is 6.82. The van der Waals surface area contributed by atoms with Crippen LogP contribution < -0.4 is 10.1 Å². The zero-order chi connectivity index (χ0) is 13.6. The maximum atomic E-state index is 11.3. The highest BCUT2D eigenvalue weighted by atomic mass is 127. The first-order chi connectivity index (χ1) is 8.37. The van der Waals surface area contributed by atoms with E-state index < -0.39 is 11.7 Å². The number of ether oxygens (including phenoxy) is 2. The van der Waals surface area contributed by atoms with Crippen LogP contribution in [0.15, 0.2) is 24.3 Å². The number of halogens is 1. The van der Waals surface area contributed by atoms with Gasteiger partial charge in [0.25, 0.3) is 0 Å². The Labute approximate surface area is 121 Å². The van der Waals surface area contributed by atoms with E-state index in [1.807, 2.05) is 45.0 Å². The number of rotatable bonds is 4. The van der Waals surface area contributed by atoms with Crippen LogP contribution >= 0.6 is 22.6 Å². The molecule has 0 radical (unpaired) electrons. The molecule has 0 aliphatic carbocycles. The number of benzene rings is 1. The van der Waals surface area contributed by atoms with Gasteiger partial charge in [0.05, 0.1) is 6.54 Å². The van der Waals surface area contributed by atoms with Gasteiger partial charge in [-0.1, -0.05) is 0 Å². The maximum absolute atomic E-state index is 11.3. The van der Waals surface area contributed by atoms with Gasteiger partial charge in [-0.05, 0) is 67.6 Å². The largest absolute Gasteiger partial charge is 0.492 e. The molecular formula is C13H18INO3. The number of alkyl carbamates (subject to hydrolysis) is 1. The lowest BCUT2D eigenvalue weighted by Crippen LogP contribution is -2.34. The molecule has 0 heterocycles. The lowest BCUT2D eigenvalue weighted by atomic mass is 10.2. The van der Waals surface area contributed by atoms with Crippen molar-refractivity contribution in [2.45, 2.75) is 26.4 Å². The molecule has 0 spiro atoms. The fraction of sp³-hybridized carbons (Fsp3) is 0.462. The predicted molar refractivity (Wildman–Crippen MR) is 78.9 cm³/mol. The molecule has 5 heteroatoms. The molecule has 1 amide bonds. The molecule has 0 aromatic heterocycles. The number of hydrogen-bond acceptors (Lipinski definition) is 3. The normalized spacial score (nSPS) is 10.9. The minimum atomic E-state index is -0.471. The summed E-state index contributed by atoms with van der Waals surface area (Å²) in [7, 11) is 0. The first-order valence-corrected chi connectivity index (χ1v) is 6.80. The van der Waals surface area contributed by atoms with Crippen LogP contribution in [0.2, 0.25) is 0 Å². The van der Waals surface area contributed by atoms with E-state index >= 15 is 0 Å². The highest BCUT2D eigenvalue weighted by molar-refractivity contribution is 14.1. The standard InChI is InChI=1S/C13H18INO3/c1-13(2,3)18-12(16)15-8-9-17-11-6-4-10(14)5-7-11/h4-7H,8-9H2,1-3H3,(H,15,16). The van der Waals surface area contributed by atoms with Gasteiger partial charge >= 0.3 is 6.09 Å². The molecule has 1 aromatic carbocycles. The minimum absolute atomic E-state index is 0.417. The van der Waals surface area contributed by atoms with Crippen LogP contribution in [-0.4, -0.2) is 24.8 Å². The van der Waals surface area contributed by atoms with Crippen molar-refractivity contribution < 1.29 is 14.3 Å². The van der Waals surface area contributed by atoms with Gasteiger partial charge in [-0.15, -0.1) is 0 Å². The van der Waals surface area contributed by atoms with Crippen LogP contribution in [0.1, 0.15) is 20.8 Å². The van der Waals surface area contributed by atoms with E-state index in [4.69, 9.17) is 9.47 Å². The average molecular weight is 363 g/mol. The van der Waals surface area contributed by atoms with Crippen LogP contribution in [0, 0.1) is 3.57 Å². The summed E-state index contributed by atoms with van der Waals surface area (Å²) in [6.07, 6.45) is -0.422. The van der Waals surface area contributed by atoms with Crippen molar-refractivity contribution in [3.63, 3.8) is 0 Å². The summed E-state index contributed by atoms with van der Waals surface area (Å²) in [5.41, 5.74) is -0.471. The molecule has 0 unspecified atom stereocenters. The molecule has 0 atom stereocenters. The van der Waals surface area contributed by atoms with Crippen LogP contribution in [0.5, 0.6) is 5.75 Å². The summed E-state index contributed by atoms with van der Waals surface area (Å²) in [5, 5.41) is 2.63. The summed E-state index contributed by atoms with van der Waals surface area (Å²) >= 11 is 2.23. The Kier molecular flexibility index (Phi) is 5.71. The Balaban J connectivity index is 2.19. The van der Waals surface area contributed by atoms with Gasteiger partial charge in [-0.2, -0.15) is 0 Å². The van der Waals surface area contributed by atoms with Crippen molar-refractivity contribution in [1.29, 1.82) is 0 Å². The van der Waals surface area contributed by atoms with Crippen LogP contribution in [-0.2, 0) is 4.74 Å². The van der Waals surface area contributed by atoms with Crippen LogP contribution in [0.3, 0.4) is 0 Å². The molecule has 0 aliphatic rings. The Morgan fingerprint density at radius 1 is 1.28 bits per heavy atom. The van der Waals surface area contributed by atoms with Gasteiger partial charge in [0.2, 0.25) is 0 Å². The van der Waals surface area contributed by atoms with Crippen molar-refractivity contribution in [3.05, 3.63) is 27.8 Å². The van der Waals surface area contributed by atoms with Gasteiger partial charge in [0, 0.05) is 3.57 Å². The number of carbonyl (C=O) groups is 1. The Hall–Kier alpha value is -0.980. The van der Waals surface area contributed by atoms with E-state index in [1.54, 1.807) is 0 Å². The smallest absolute Gasteiger partial charge is 0.407 e. The fourth-order valence-electron chi connectivity index (χ4n) is 1.17. The third-order valence-corrected chi connectivity index (χ3v) is 2.57. The SMILES string of the molecule is CC(C)(C)OC(=O)NCCOc1ccc(I)cc1. The molecule has 0 saturated heterocycles. The second-order valence-electron chi connectivity index (χ2n) is 4.73. The molecule has 0 aliphatic heterocycles. The lowest BCUT2D eigenvalue weighted by Gasteiger charge is -2.19. The molecule has 1 N–H and O–H groups in total. The number of nitrogens with one attached hydrogen (secondary N) is 1. The maximum Gasteiger partial charge on any atom is 0.407 e. The van der Waals surface area contributed by atoms with Gasteiger partial charge in [-0.3, -0.25) is 0 Å². The van der Waals surface area contributed by atoms with Crippen molar-refractivity contribution >= 4 is 28.7 Å². The molecule has 4 nitrogen and oxygen atoms in total. The van der Waals surface area contributed by atoms with E-state index in [-0.39, 0.29) is 0 Å². The van der Waals surface area contributed by atoms with E-state index in [0.29, 0.717) is 13.2 Å². The first kappa shape index (κ1) is 15.1. The fourth-order valence-corrected chi connectivity index (χ4v) is 1.53. The molecule has 1 rings (SSSR count). The lowest BCUT2D eigenvalue weighted by molar-refractivity contribution is 0.0520. The molecule has 0 saturated carbocycles. The summed E-state index contributed by atoms with van der Waals surface area (Å²) in [5.74, 6) is 0.793. The highest BCUT2D eigenvalue weighted by Gasteiger charge is 2.15. The molecule has 1 aromatic rings. The minimum Gasteiger partial charge on any atom is -0.492 e. The molecule has 0 fully saturated rings. The summed E-state index contributed by atoms with van der Waals surface area (Å²) < 4.78 is 11.7. The number of carbonyl (C=O) groups excluding carboxylic acids is 1. The quantitative estimate of drug-likeness (QED) is 0.660. The Bertz CT molecular complexity index is 384. The number of hydrogen-bond donors (Lipinski definition) is 1. The third-order valence-electron chi connectivity index (χ3n) is 1.85. The molecular weight excluding hydrogens is 345 g/mol. The van der Waals surface area contributed by atoms with Crippen molar-refractivity contribution in [3.8, 4) is 5.75 Å². The number of amides is 1.